The van der Waals surface area contributed by atoms with Crippen molar-refractivity contribution in [3.8, 4) is 11.3 Å². The summed E-state index contributed by atoms with van der Waals surface area (Å²) in [5, 5.41) is 1.00. The summed E-state index contributed by atoms with van der Waals surface area (Å²) in [5.74, 6) is 0. The van der Waals surface area contributed by atoms with Crippen LogP contribution in [-0.2, 0) is 9.84 Å². The zero-order chi connectivity index (χ0) is 16.6. The number of aromatic amines is 1. The fourth-order valence-electron chi connectivity index (χ4n) is 2.54. The van der Waals surface area contributed by atoms with Gasteiger partial charge in [-0.3, -0.25) is 4.99 Å². The molecule has 0 spiro atoms. The van der Waals surface area contributed by atoms with Crippen molar-refractivity contribution in [2.75, 3.05) is 13.3 Å². The van der Waals surface area contributed by atoms with Crippen LogP contribution < -0.4 is 0 Å². The monoisotopic (exact) mass is 327 g/mol. The van der Waals surface area contributed by atoms with Crippen LogP contribution >= 0.6 is 0 Å². The molecule has 0 saturated carbocycles. The van der Waals surface area contributed by atoms with Crippen LogP contribution in [0, 0.1) is 6.92 Å². The van der Waals surface area contributed by atoms with Crippen LogP contribution in [0.25, 0.3) is 22.3 Å². The van der Waals surface area contributed by atoms with Gasteiger partial charge in [0.2, 0.25) is 0 Å². The number of pyridine rings is 1. The van der Waals surface area contributed by atoms with Gasteiger partial charge in [0.25, 0.3) is 0 Å². The van der Waals surface area contributed by atoms with Gasteiger partial charge < -0.3 is 4.98 Å². The maximum Gasteiger partial charge on any atom is 0.175 e. The first-order valence-electron chi connectivity index (χ1n) is 7.11. The molecule has 0 aliphatic rings. The molecule has 3 aromatic rings. The second kappa shape index (κ2) is 5.62. The molecule has 2 heterocycles. The van der Waals surface area contributed by atoms with Gasteiger partial charge in [0.05, 0.1) is 4.90 Å². The van der Waals surface area contributed by atoms with Crippen molar-refractivity contribution in [3.05, 3.63) is 47.7 Å². The maximum atomic E-state index is 11.7. The van der Waals surface area contributed by atoms with Gasteiger partial charge in [-0.15, -0.1) is 0 Å². The summed E-state index contributed by atoms with van der Waals surface area (Å²) in [6.45, 7) is 2.02. The molecule has 0 radical (unpaired) electrons. The molecule has 1 N–H and O–H groups in total. The third kappa shape index (κ3) is 2.90. The van der Waals surface area contributed by atoms with Crippen molar-refractivity contribution >= 4 is 27.1 Å². The average Bonchev–Trinajstić information content (AvgIpc) is 2.95. The Bertz CT molecular complexity index is 1020. The quantitative estimate of drug-likeness (QED) is 0.751. The highest BCUT2D eigenvalue weighted by Gasteiger charge is 2.12. The molecule has 3 rings (SSSR count). The first-order valence-corrected chi connectivity index (χ1v) is 9.00. The van der Waals surface area contributed by atoms with Crippen molar-refractivity contribution in [2.24, 2.45) is 4.99 Å². The van der Waals surface area contributed by atoms with Crippen LogP contribution in [0.4, 0.5) is 0 Å². The van der Waals surface area contributed by atoms with E-state index in [4.69, 9.17) is 0 Å². The molecule has 0 saturated heterocycles. The van der Waals surface area contributed by atoms with Crippen molar-refractivity contribution in [2.45, 2.75) is 11.8 Å². The van der Waals surface area contributed by atoms with Crippen LogP contribution in [0.3, 0.4) is 0 Å². The normalized spacial score (nSPS) is 12.3. The highest BCUT2D eigenvalue weighted by molar-refractivity contribution is 7.90. The van der Waals surface area contributed by atoms with E-state index in [0.29, 0.717) is 4.90 Å². The third-order valence-corrected chi connectivity index (χ3v) is 4.92. The van der Waals surface area contributed by atoms with Gasteiger partial charge in [-0.05, 0) is 36.2 Å². The first-order chi connectivity index (χ1) is 10.9. The van der Waals surface area contributed by atoms with Crippen LogP contribution in [0.5, 0.6) is 0 Å². The summed E-state index contributed by atoms with van der Waals surface area (Å²) in [6, 6.07) is 8.88. The summed E-state index contributed by atoms with van der Waals surface area (Å²) < 4.78 is 23.4. The largest absolute Gasteiger partial charge is 0.339 e. The number of hydrogen-bond donors (Lipinski definition) is 1. The molecule has 5 nitrogen and oxygen atoms in total. The predicted molar refractivity (Wildman–Crippen MR) is 92.9 cm³/mol. The summed E-state index contributed by atoms with van der Waals surface area (Å²) in [6.07, 6.45) is 4.76. The van der Waals surface area contributed by atoms with E-state index < -0.39 is 9.84 Å². The minimum Gasteiger partial charge on any atom is -0.339 e. The fraction of sp³-hybridized carbons (Fsp3) is 0.176. The zero-order valence-corrected chi connectivity index (χ0v) is 14.0. The lowest BCUT2D eigenvalue weighted by atomic mass is 10.1. The first kappa shape index (κ1) is 15.4. The number of nitrogens with zero attached hydrogens (tertiary/aromatic N) is 2. The molecule has 23 heavy (non-hydrogen) atoms. The average molecular weight is 327 g/mol. The molecule has 2 aromatic heterocycles. The molecule has 1 aromatic carbocycles. The van der Waals surface area contributed by atoms with Crippen molar-refractivity contribution in [1.29, 1.82) is 0 Å². The molecular formula is C17H17N3O2S. The second-order valence-corrected chi connectivity index (χ2v) is 7.49. The molecule has 0 aliphatic carbocycles. The molecule has 0 unspecified atom stereocenters. The Morgan fingerprint density at radius 3 is 2.74 bits per heavy atom. The maximum absolute atomic E-state index is 11.7. The lowest BCUT2D eigenvalue weighted by molar-refractivity contribution is 0.602. The number of aryl methyl sites for hydroxylation is 1. The van der Waals surface area contributed by atoms with Crippen molar-refractivity contribution in [3.63, 3.8) is 0 Å². The molecule has 0 atom stereocenters. The van der Waals surface area contributed by atoms with Crippen LogP contribution in [0.2, 0.25) is 0 Å². The number of rotatable bonds is 3. The smallest absolute Gasteiger partial charge is 0.175 e. The highest BCUT2D eigenvalue weighted by atomic mass is 32.2. The Morgan fingerprint density at radius 2 is 2.04 bits per heavy atom. The molecule has 0 bridgehead atoms. The Hall–Kier alpha value is -2.47. The number of benzene rings is 1. The third-order valence-electron chi connectivity index (χ3n) is 3.81. The van der Waals surface area contributed by atoms with Crippen LogP contribution in [0.15, 0.2) is 46.4 Å². The predicted octanol–water partition coefficient (Wildman–Crippen LogP) is 2.99. The van der Waals surface area contributed by atoms with E-state index in [-0.39, 0.29) is 0 Å². The molecule has 6 heteroatoms. The SMILES string of the molecule is CN=Cc1cnc2[nH]c(-c3cccc(S(C)(=O)=O)c3)cc2c1C. The Labute approximate surface area is 135 Å². The molecular weight excluding hydrogens is 310 g/mol. The van der Waals surface area contributed by atoms with Gasteiger partial charge in [-0.1, -0.05) is 12.1 Å². The van der Waals surface area contributed by atoms with E-state index >= 15 is 0 Å². The van der Waals surface area contributed by atoms with E-state index in [1.54, 1.807) is 37.7 Å². The zero-order valence-electron chi connectivity index (χ0n) is 13.2. The summed E-state index contributed by atoms with van der Waals surface area (Å²) >= 11 is 0. The number of H-pyrrole nitrogens is 1. The van der Waals surface area contributed by atoms with Crippen LogP contribution in [-0.4, -0.2) is 37.9 Å². The van der Waals surface area contributed by atoms with E-state index in [1.807, 2.05) is 19.1 Å². The Morgan fingerprint density at radius 1 is 1.26 bits per heavy atom. The van der Waals surface area contributed by atoms with Gasteiger partial charge in [0.15, 0.2) is 9.84 Å². The van der Waals surface area contributed by atoms with Crippen molar-refractivity contribution in [1.82, 2.24) is 9.97 Å². The van der Waals surface area contributed by atoms with Gasteiger partial charge in [-0.2, -0.15) is 0 Å². The fourth-order valence-corrected chi connectivity index (χ4v) is 3.20. The van der Waals surface area contributed by atoms with Gasteiger partial charge in [0, 0.05) is 42.4 Å². The number of sulfone groups is 1. The van der Waals surface area contributed by atoms with Gasteiger partial charge in [0.1, 0.15) is 5.65 Å². The molecule has 118 valence electrons. The summed E-state index contributed by atoms with van der Waals surface area (Å²) in [4.78, 5) is 12.0. The van der Waals surface area contributed by atoms with E-state index in [1.165, 1.54) is 6.26 Å². The van der Waals surface area contributed by atoms with Crippen molar-refractivity contribution < 1.29 is 8.42 Å². The second-order valence-electron chi connectivity index (χ2n) is 5.47. The number of fused-ring (bicyclic) bond motifs is 1. The molecule has 0 fully saturated rings. The number of aromatic nitrogens is 2. The molecule has 0 amide bonds. The highest BCUT2D eigenvalue weighted by Crippen LogP contribution is 2.27. The Kier molecular flexibility index (Phi) is 3.77. The van der Waals surface area contributed by atoms with Gasteiger partial charge in [-0.25, -0.2) is 13.4 Å². The number of nitrogens with one attached hydrogen (secondary N) is 1. The summed E-state index contributed by atoms with van der Waals surface area (Å²) in [7, 11) is -1.51. The number of aliphatic imine (C=N–C) groups is 1. The Balaban J connectivity index is 2.16. The van der Waals surface area contributed by atoms with Gasteiger partial charge >= 0.3 is 0 Å². The van der Waals surface area contributed by atoms with E-state index in [9.17, 15) is 8.42 Å². The topological polar surface area (TPSA) is 75.2 Å². The minimum atomic E-state index is -3.23. The number of hydrogen-bond acceptors (Lipinski definition) is 4. The summed E-state index contributed by atoms with van der Waals surface area (Å²) in [5.41, 5.74) is 4.48. The standard InChI is InChI=1S/C17H17N3O2S/c1-11-13(9-18-2)10-19-17-15(11)8-16(20-17)12-5-4-6-14(7-12)23(3,21)22/h4-10H,1-3H3,(H,19,20). The molecule has 0 aliphatic heterocycles. The lowest BCUT2D eigenvalue weighted by Crippen LogP contribution is -1.96. The van der Waals surface area contributed by atoms with E-state index in [2.05, 4.69) is 15.0 Å². The van der Waals surface area contributed by atoms with Crippen LogP contribution in [0.1, 0.15) is 11.1 Å². The van der Waals surface area contributed by atoms with E-state index in [0.717, 1.165) is 33.4 Å². The minimum absolute atomic E-state index is 0.303. The lowest BCUT2D eigenvalue weighted by Gasteiger charge is -2.01.